The number of hydrogen-bond acceptors (Lipinski definition) is 8. The largest absolute Gasteiger partial charge is 0.494 e. The van der Waals surface area contributed by atoms with Crippen molar-refractivity contribution < 1.29 is 22.3 Å². The van der Waals surface area contributed by atoms with Crippen molar-refractivity contribution in [1.82, 2.24) is 14.9 Å². The van der Waals surface area contributed by atoms with Crippen molar-refractivity contribution in [2.75, 3.05) is 49.4 Å². The lowest BCUT2D eigenvalue weighted by molar-refractivity contribution is -0.137. The van der Waals surface area contributed by atoms with Gasteiger partial charge in [0.2, 0.25) is 5.95 Å². The summed E-state index contributed by atoms with van der Waals surface area (Å²) < 4.78 is 59.2. The highest BCUT2D eigenvalue weighted by Crippen LogP contribution is 2.37. The highest BCUT2D eigenvalue weighted by Gasteiger charge is 2.35. The summed E-state index contributed by atoms with van der Waals surface area (Å²) in [5.41, 5.74) is 1.84. The topological polar surface area (TPSA) is 86.7 Å². The van der Waals surface area contributed by atoms with Gasteiger partial charge in [-0.3, -0.25) is 9.89 Å². The zero-order valence-electron chi connectivity index (χ0n) is 21.5. The number of nitrogens with one attached hydrogen (secondary N) is 3. The van der Waals surface area contributed by atoms with E-state index in [2.05, 4.69) is 37.5 Å². The van der Waals surface area contributed by atoms with Gasteiger partial charge in [0.25, 0.3) is 0 Å². The molecule has 206 valence electrons. The average Bonchev–Trinajstić information content (AvgIpc) is 2.88. The second kappa shape index (κ2) is 12.1. The summed E-state index contributed by atoms with van der Waals surface area (Å²) in [4.78, 5) is 14.3. The van der Waals surface area contributed by atoms with Crippen molar-refractivity contribution in [1.29, 1.82) is 0 Å². The van der Waals surface area contributed by atoms with Gasteiger partial charge < -0.3 is 20.7 Å². The third-order valence-corrected chi connectivity index (χ3v) is 5.98. The molecule has 2 heterocycles. The minimum Gasteiger partial charge on any atom is -0.494 e. The van der Waals surface area contributed by atoms with Gasteiger partial charge in [-0.2, -0.15) is 18.2 Å². The molecule has 1 aromatic heterocycles. The lowest BCUT2D eigenvalue weighted by Gasteiger charge is -2.39. The van der Waals surface area contributed by atoms with Gasteiger partial charge in [0.05, 0.1) is 24.5 Å². The van der Waals surface area contributed by atoms with Crippen molar-refractivity contribution in [3.8, 4) is 5.75 Å². The van der Waals surface area contributed by atoms with Gasteiger partial charge in [0, 0.05) is 49.0 Å². The lowest BCUT2D eigenvalue weighted by Crippen LogP contribution is -2.55. The number of aliphatic imine (C=N–C) groups is 1. The number of likely N-dealkylation sites (tertiary alicyclic amines) is 1. The van der Waals surface area contributed by atoms with Crippen molar-refractivity contribution in [3.63, 3.8) is 0 Å². The Morgan fingerprint density at radius 3 is 2.67 bits per heavy atom. The molecule has 12 heteroatoms. The number of nitrogens with zero attached hydrogens (tertiary/aromatic N) is 4. The first kappa shape index (κ1) is 27.8. The number of hydrogen-bond donors (Lipinski definition) is 3. The van der Waals surface area contributed by atoms with E-state index in [1.165, 1.54) is 7.11 Å². The Morgan fingerprint density at radius 1 is 1.18 bits per heavy atom. The van der Waals surface area contributed by atoms with Gasteiger partial charge in [-0.25, -0.2) is 9.37 Å². The molecule has 39 heavy (non-hydrogen) atoms. The van der Waals surface area contributed by atoms with Crippen LogP contribution in [0, 0.1) is 0 Å². The predicted molar refractivity (Wildman–Crippen MR) is 146 cm³/mol. The van der Waals surface area contributed by atoms with Crippen LogP contribution in [-0.4, -0.2) is 60.0 Å². The molecule has 0 spiro atoms. The molecule has 0 bridgehead atoms. The van der Waals surface area contributed by atoms with Gasteiger partial charge in [-0.05, 0) is 43.3 Å². The van der Waals surface area contributed by atoms with Crippen molar-refractivity contribution >= 4 is 40.2 Å². The first-order chi connectivity index (χ1) is 18.7. The Kier molecular flexibility index (Phi) is 8.65. The fraction of sp³-hybridized carbons (Fsp3) is 0.296. The first-order valence-corrected chi connectivity index (χ1v) is 12.2. The number of halogens is 4. The van der Waals surface area contributed by atoms with Gasteiger partial charge in [-0.15, -0.1) is 0 Å². The Labute approximate surface area is 223 Å². The molecule has 1 aliphatic rings. The second-order valence-corrected chi connectivity index (χ2v) is 8.92. The molecule has 1 fully saturated rings. The lowest BCUT2D eigenvalue weighted by atomic mass is 10.1. The number of allylic oxidation sites excluding steroid dienone is 1. The van der Waals surface area contributed by atoms with E-state index in [4.69, 9.17) is 4.74 Å². The minimum absolute atomic E-state index is 0.0537. The molecule has 3 N–H and O–H groups in total. The number of anilines is 5. The summed E-state index contributed by atoms with van der Waals surface area (Å²) in [7, 11) is 1.49. The van der Waals surface area contributed by atoms with Gasteiger partial charge in [0.1, 0.15) is 23.8 Å². The van der Waals surface area contributed by atoms with Gasteiger partial charge >= 0.3 is 6.18 Å². The van der Waals surface area contributed by atoms with Gasteiger partial charge in [-0.1, -0.05) is 12.6 Å². The van der Waals surface area contributed by atoms with Crippen LogP contribution in [0.5, 0.6) is 5.75 Å². The molecule has 0 radical (unpaired) electrons. The van der Waals surface area contributed by atoms with E-state index >= 15 is 0 Å². The zero-order chi connectivity index (χ0) is 28.0. The van der Waals surface area contributed by atoms with E-state index in [1.807, 2.05) is 11.0 Å². The molecular weight excluding hydrogens is 514 g/mol. The molecule has 8 nitrogen and oxygen atoms in total. The highest BCUT2D eigenvalue weighted by atomic mass is 19.4. The summed E-state index contributed by atoms with van der Waals surface area (Å²) in [6.45, 7) is 6.95. The molecule has 3 aromatic rings. The first-order valence-electron chi connectivity index (χ1n) is 12.2. The van der Waals surface area contributed by atoms with Crippen LogP contribution in [-0.2, 0) is 6.18 Å². The molecule has 0 saturated carbocycles. The van der Waals surface area contributed by atoms with Crippen LogP contribution in [0.25, 0.3) is 0 Å². The van der Waals surface area contributed by atoms with Gasteiger partial charge in [0.15, 0.2) is 0 Å². The molecule has 1 saturated heterocycles. The number of ether oxygens (including phenoxy) is 1. The summed E-state index contributed by atoms with van der Waals surface area (Å²) in [6, 6.07) is 12.1. The minimum atomic E-state index is -4.68. The summed E-state index contributed by atoms with van der Waals surface area (Å²) in [5.74, 6) is -0.0233. The normalized spacial score (nSPS) is 14.5. The summed E-state index contributed by atoms with van der Waals surface area (Å²) in [6.07, 6.45) is -2.37. The van der Waals surface area contributed by atoms with Crippen LogP contribution in [0.2, 0.25) is 0 Å². The maximum Gasteiger partial charge on any atom is 0.421 e. The number of aromatic nitrogens is 2. The Balaban J connectivity index is 1.55. The van der Waals surface area contributed by atoms with E-state index in [-0.39, 0.29) is 18.7 Å². The number of alkyl halides is 4. The number of rotatable bonds is 11. The molecule has 0 atom stereocenters. The Hall–Kier alpha value is -4.19. The van der Waals surface area contributed by atoms with Crippen LogP contribution in [0.4, 0.5) is 52.1 Å². The summed E-state index contributed by atoms with van der Waals surface area (Å²) >= 11 is 0. The number of benzene rings is 2. The maximum atomic E-state index is 13.8. The zero-order valence-corrected chi connectivity index (χ0v) is 21.5. The van der Waals surface area contributed by atoms with Crippen LogP contribution in [0.15, 0.2) is 66.3 Å². The van der Waals surface area contributed by atoms with Crippen LogP contribution in [0.1, 0.15) is 12.5 Å². The quantitative estimate of drug-likeness (QED) is 0.192. The highest BCUT2D eigenvalue weighted by molar-refractivity contribution is 5.94. The molecule has 4 rings (SSSR count). The Bertz CT molecular complexity index is 1340. The third kappa shape index (κ3) is 7.23. The van der Waals surface area contributed by atoms with E-state index in [1.54, 1.807) is 49.4 Å². The number of methoxy groups -OCH3 is 1. The average molecular weight is 544 g/mol. The van der Waals surface area contributed by atoms with Crippen LogP contribution >= 0.6 is 0 Å². The molecule has 0 aliphatic carbocycles. The monoisotopic (exact) mass is 543 g/mol. The fourth-order valence-electron chi connectivity index (χ4n) is 3.99. The second-order valence-electron chi connectivity index (χ2n) is 8.92. The molecule has 0 amide bonds. The standard InChI is InChI=1S/C27H29F4N7O/c1-4-17(2)33-18-6-5-7-19(12-18)35-25-22(27(29,30)31)14-32-26(37-25)36-23-9-8-20(13-24(23)39-3)34-21-15-38(16-21)11-10-28/h4-9,12-14,21,34H,1,10-11,15-16H2,2-3H3,(H2,32,35,36,37). The van der Waals surface area contributed by atoms with Crippen molar-refractivity contribution in [3.05, 3.63) is 66.9 Å². The van der Waals surface area contributed by atoms with E-state index in [0.29, 0.717) is 35.1 Å². The fourth-order valence-corrected chi connectivity index (χ4v) is 3.99. The van der Waals surface area contributed by atoms with Crippen molar-refractivity contribution in [2.24, 2.45) is 4.99 Å². The predicted octanol–water partition coefficient (Wildman–Crippen LogP) is 6.34. The molecule has 2 aromatic carbocycles. The van der Waals surface area contributed by atoms with Crippen LogP contribution < -0.4 is 20.7 Å². The summed E-state index contributed by atoms with van der Waals surface area (Å²) in [5, 5.41) is 9.05. The SMILES string of the molecule is C=CC(C)=Nc1cccc(Nc2nc(Nc3ccc(NC4CN(CCF)C4)cc3OC)ncc2C(F)(F)F)c1. The van der Waals surface area contributed by atoms with E-state index < -0.39 is 17.6 Å². The van der Waals surface area contributed by atoms with E-state index in [0.717, 1.165) is 25.0 Å². The third-order valence-electron chi connectivity index (χ3n) is 5.98. The maximum absolute atomic E-state index is 13.8. The van der Waals surface area contributed by atoms with Crippen LogP contribution in [0.3, 0.4) is 0 Å². The smallest absolute Gasteiger partial charge is 0.421 e. The molecule has 1 aliphatic heterocycles. The molecular formula is C27H29F4N7O. The van der Waals surface area contributed by atoms with E-state index in [9.17, 15) is 17.6 Å². The van der Waals surface area contributed by atoms with Crippen molar-refractivity contribution in [2.45, 2.75) is 19.1 Å². The Morgan fingerprint density at radius 2 is 1.97 bits per heavy atom. The molecule has 0 unspecified atom stereocenters.